The van der Waals surface area contributed by atoms with Crippen molar-refractivity contribution in [1.82, 2.24) is 0 Å². The van der Waals surface area contributed by atoms with Crippen molar-refractivity contribution in [2.24, 2.45) is 0 Å². The molecular weight excluding hydrogens is 330 g/mol. The number of carbonyl (C=O) groups is 2. The van der Waals surface area contributed by atoms with Gasteiger partial charge in [0.15, 0.2) is 6.10 Å². The Labute approximate surface area is 153 Å². The Bertz CT molecular complexity index is 785. The minimum absolute atomic E-state index is 0.0437. The molecule has 1 unspecified atom stereocenters. The van der Waals surface area contributed by atoms with Gasteiger partial charge in [0.2, 0.25) is 5.91 Å². The van der Waals surface area contributed by atoms with Crippen LogP contribution in [0.15, 0.2) is 48.5 Å². The minimum atomic E-state index is -0.833. The number of rotatable bonds is 6. The smallest absolute Gasteiger partial charge is 0.266 e. The van der Waals surface area contributed by atoms with E-state index in [4.69, 9.17) is 4.74 Å². The van der Waals surface area contributed by atoms with E-state index in [1.807, 2.05) is 36.4 Å². The van der Waals surface area contributed by atoms with Crippen LogP contribution in [0.5, 0.6) is 5.75 Å². The highest BCUT2D eigenvalue weighted by molar-refractivity contribution is 6.02. The van der Waals surface area contributed by atoms with Crippen LogP contribution >= 0.6 is 0 Å². The van der Waals surface area contributed by atoms with Gasteiger partial charge in [0, 0.05) is 24.5 Å². The zero-order chi connectivity index (χ0) is 18.5. The summed E-state index contributed by atoms with van der Waals surface area (Å²) in [5.41, 5.74) is 2.43. The van der Waals surface area contributed by atoms with Crippen molar-refractivity contribution in [1.29, 1.82) is 0 Å². The highest BCUT2D eigenvalue weighted by Gasteiger charge is 2.29. The van der Waals surface area contributed by atoms with Crippen molar-refractivity contribution in [2.45, 2.75) is 26.4 Å². The lowest BCUT2D eigenvalue weighted by Gasteiger charge is -2.25. The van der Waals surface area contributed by atoms with Gasteiger partial charge in [-0.2, -0.15) is 0 Å². The molecule has 0 saturated heterocycles. The predicted molar refractivity (Wildman–Crippen MR) is 103 cm³/mol. The van der Waals surface area contributed by atoms with Crippen LogP contribution in [-0.4, -0.2) is 31.0 Å². The maximum atomic E-state index is 12.3. The topological polar surface area (TPSA) is 70.7 Å². The van der Waals surface area contributed by atoms with Crippen LogP contribution in [0.2, 0.25) is 0 Å². The van der Waals surface area contributed by atoms with Crippen molar-refractivity contribution in [3.63, 3.8) is 0 Å². The van der Waals surface area contributed by atoms with Gasteiger partial charge < -0.3 is 20.3 Å². The number of ether oxygens (including phenoxy) is 1. The Kier molecular flexibility index (Phi) is 5.41. The highest BCUT2D eigenvalue weighted by Crippen LogP contribution is 2.29. The minimum Gasteiger partial charge on any atom is -0.478 e. The largest absolute Gasteiger partial charge is 0.478 e. The van der Waals surface area contributed by atoms with Crippen LogP contribution < -0.4 is 20.3 Å². The Hall–Kier alpha value is -3.02. The molecule has 0 spiro atoms. The molecule has 0 aliphatic carbocycles. The van der Waals surface area contributed by atoms with Gasteiger partial charge in [-0.05, 0) is 50.2 Å². The summed E-state index contributed by atoms with van der Waals surface area (Å²) in [6, 6.07) is 14.9. The summed E-state index contributed by atoms with van der Waals surface area (Å²) in [7, 11) is 0. The van der Waals surface area contributed by atoms with E-state index in [1.165, 1.54) is 0 Å². The van der Waals surface area contributed by atoms with Crippen molar-refractivity contribution >= 4 is 28.9 Å². The fourth-order valence-electron chi connectivity index (χ4n) is 2.95. The van der Waals surface area contributed by atoms with Gasteiger partial charge in [0.25, 0.3) is 5.91 Å². The Morgan fingerprint density at radius 3 is 2.50 bits per heavy atom. The van der Waals surface area contributed by atoms with Crippen molar-refractivity contribution in [2.75, 3.05) is 28.6 Å². The molecule has 2 aromatic carbocycles. The first kappa shape index (κ1) is 17.8. The third kappa shape index (κ3) is 3.96. The quantitative estimate of drug-likeness (QED) is 0.836. The number of hydrogen-bond acceptors (Lipinski definition) is 4. The van der Waals surface area contributed by atoms with Crippen LogP contribution in [0, 0.1) is 0 Å². The number of hydrogen-bond donors (Lipinski definition) is 2. The Morgan fingerprint density at radius 2 is 1.81 bits per heavy atom. The second-order valence-corrected chi connectivity index (χ2v) is 6.06. The van der Waals surface area contributed by atoms with Gasteiger partial charge in [-0.25, -0.2) is 0 Å². The number of nitrogens with one attached hydrogen (secondary N) is 2. The van der Waals surface area contributed by atoms with E-state index < -0.39 is 6.10 Å². The molecule has 26 heavy (non-hydrogen) atoms. The summed E-state index contributed by atoms with van der Waals surface area (Å²) in [5.74, 6) is 0.00401. The fraction of sp³-hybridized carbons (Fsp3) is 0.300. The zero-order valence-corrected chi connectivity index (χ0v) is 15.0. The number of benzene rings is 2. The lowest BCUT2D eigenvalue weighted by Crippen LogP contribution is -2.39. The first-order chi connectivity index (χ1) is 12.6. The van der Waals surface area contributed by atoms with Crippen LogP contribution in [0.1, 0.15) is 20.3 Å². The summed E-state index contributed by atoms with van der Waals surface area (Å²) in [5, 5.41) is 5.58. The molecule has 1 aliphatic rings. The molecule has 136 valence electrons. The molecule has 2 amide bonds. The Balaban J connectivity index is 1.60. The average molecular weight is 353 g/mol. The third-order valence-electron chi connectivity index (χ3n) is 4.36. The second-order valence-electron chi connectivity index (χ2n) is 6.06. The van der Waals surface area contributed by atoms with Gasteiger partial charge >= 0.3 is 0 Å². The molecule has 1 atom stereocenters. The highest BCUT2D eigenvalue weighted by atomic mass is 16.5. The maximum Gasteiger partial charge on any atom is 0.266 e. The number of fused-ring (bicyclic) bond motifs is 1. The molecule has 6 heteroatoms. The molecule has 2 aromatic rings. The normalized spacial score (nSPS) is 15.5. The molecule has 1 heterocycles. The molecule has 0 radical (unpaired) electrons. The lowest BCUT2D eigenvalue weighted by molar-refractivity contribution is -0.128. The first-order valence-corrected chi connectivity index (χ1v) is 8.82. The number of nitrogens with zero attached hydrogens (tertiary/aromatic N) is 1. The second kappa shape index (κ2) is 7.91. The SMILES string of the molecule is CCN(CC)c1ccc(NC(=O)CC2Oc3ccccc3NC2=O)cc1. The maximum absolute atomic E-state index is 12.3. The van der Waals surface area contributed by atoms with Crippen LogP contribution in [0.25, 0.3) is 0 Å². The molecule has 1 aliphatic heterocycles. The molecule has 0 fully saturated rings. The summed E-state index contributed by atoms with van der Waals surface area (Å²) in [4.78, 5) is 26.6. The zero-order valence-electron chi connectivity index (χ0n) is 15.0. The van der Waals surface area contributed by atoms with Gasteiger partial charge in [0.05, 0.1) is 12.1 Å². The third-order valence-corrected chi connectivity index (χ3v) is 4.36. The van der Waals surface area contributed by atoms with E-state index in [-0.39, 0.29) is 18.2 Å². The number of anilines is 3. The number of para-hydroxylation sites is 2. The summed E-state index contributed by atoms with van der Waals surface area (Å²) in [6.07, 6.45) is -0.877. The molecule has 0 aromatic heterocycles. The van der Waals surface area contributed by atoms with Gasteiger partial charge in [0.1, 0.15) is 5.75 Å². The van der Waals surface area contributed by atoms with Crippen molar-refractivity contribution in [3.8, 4) is 5.75 Å². The van der Waals surface area contributed by atoms with Gasteiger partial charge in [-0.3, -0.25) is 9.59 Å². The monoisotopic (exact) mass is 353 g/mol. The van der Waals surface area contributed by atoms with Crippen LogP contribution in [0.4, 0.5) is 17.1 Å². The molecular formula is C20H23N3O3. The van der Waals surface area contributed by atoms with Crippen molar-refractivity contribution < 1.29 is 14.3 Å². The van der Waals surface area contributed by atoms with E-state index in [9.17, 15) is 9.59 Å². The fourth-order valence-corrected chi connectivity index (χ4v) is 2.95. The molecule has 6 nitrogen and oxygen atoms in total. The number of amides is 2. The lowest BCUT2D eigenvalue weighted by atomic mass is 10.1. The van der Waals surface area contributed by atoms with Crippen molar-refractivity contribution in [3.05, 3.63) is 48.5 Å². The van der Waals surface area contributed by atoms with Crippen LogP contribution in [-0.2, 0) is 9.59 Å². The predicted octanol–water partition coefficient (Wildman–Crippen LogP) is 3.26. The van der Waals surface area contributed by atoms with E-state index in [0.29, 0.717) is 17.1 Å². The standard InChI is InChI=1S/C20H23N3O3/c1-3-23(4-2)15-11-9-14(10-12-15)21-19(24)13-18-20(25)22-16-7-5-6-8-17(16)26-18/h5-12,18H,3-4,13H2,1-2H3,(H,21,24)(H,22,25). The first-order valence-electron chi connectivity index (χ1n) is 8.82. The summed E-state index contributed by atoms with van der Waals surface area (Å²) >= 11 is 0. The number of carbonyl (C=O) groups excluding carboxylic acids is 2. The van der Waals surface area contributed by atoms with E-state index in [2.05, 4.69) is 29.4 Å². The van der Waals surface area contributed by atoms with Gasteiger partial charge in [-0.15, -0.1) is 0 Å². The average Bonchev–Trinajstić information content (AvgIpc) is 2.64. The van der Waals surface area contributed by atoms with Gasteiger partial charge in [-0.1, -0.05) is 12.1 Å². The van der Waals surface area contributed by atoms with E-state index in [1.54, 1.807) is 12.1 Å². The molecule has 3 rings (SSSR count). The molecule has 0 saturated carbocycles. The Morgan fingerprint density at radius 1 is 1.12 bits per heavy atom. The van der Waals surface area contributed by atoms with E-state index in [0.717, 1.165) is 18.8 Å². The molecule has 0 bridgehead atoms. The summed E-state index contributed by atoms with van der Waals surface area (Å²) < 4.78 is 5.65. The summed E-state index contributed by atoms with van der Waals surface area (Å²) in [6.45, 7) is 6.06. The van der Waals surface area contributed by atoms with E-state index >= 15 is 0 Å². The van der Waals surface area contributed by atoms with Crippen LogP contribution in [0.3, 0.4) is 0 Å². The molecule has 2 N–H and O–H groups in total.